The average Bonchev–Trinajstić information content (AvgIpc) is 2.78. The molecule has 2 aromatic rings. The largest absolute Gasteiger partial charge is 0.493 e. The first-order chi connectivity index (χ1) is 15.0. The standard InChI is InChI=1S/C23H31FN4O3/c1-30-21-6-4-16(14-22(21)31-2)7-10-26-23(25)27-15-17-3-5-20(19(24)13-17)28-11-8-18(29)9-12-28/h3-6,13-14,18,29H,7-12,15H2,1-2H3,(H3,25,26,27). The minimum Gasteiger partial charge on any atom is -0.493 e. The molecule has 0 atom stereocenters. The summed E-state index contributed by atoms with van der Waals surface area (Å²) in [5.41, 5.74) is 8.36. The third kappa shape index (κ3) is 6.24. The van der Waals surface area contributed by atoms with Crippen LogP contribution in [-0.2, 0) is 13.0 Å². The molecular formula is C23H31FN4O3. The summed E-state index contributed by atoms with van der Waals surface area (Å²) in [5, 5.41) is 12.7. The van der Waals surface area contributed by atoms with Crippen molar-refractivity contribution in [3.63, 3.8) is 0 Å². The Kier molecular flexibility index (Phi) is 7.94. The van der Waals surface area contributed by atoms with Gasteiger partial charge in [-0.2, -0.15) is 0 Å². The van der Waals surface area contributed by atoms with E-state index in [1.807, 2.05) is 29.2 Å². The van der Waals surface area contributed by atoms with E-state index in [4.69, 9.17) is 15.2 Å². The van der Waals surface area contributed by atoms with Crippen LogP contribution < -0.4 is 25.4 Å². The van der Waals surface area contributed by atoms with Crippen molar-refractivity contribution in [2.24, 2.45) is 10.7 Å². The summed E-state index contributed by atoms with van der Waals surface area (Å²) in [6, 6.07) is 10.9. The fourth-order valence-corrected chi connectivity index (χ4v) is 3.62. The van der Waals surface area contributed by atoms with Crippen LogP contribution in [0.15, 0.2) is 41.4 Å². The van der Waals surface area contributed by atoms with Gasteiger partial charge in [0, 0.05) is 19.6 Å². The van der Waals surface area contributed by atoms with Gasteiger partial charge in [-0.15, -0.1) is 0 Å². The van der Waals surface area contributed by atoms with Gasteiger partial charge in [-0.1, -0.05) is 12.1 Å². The van der Waals surface area contributed by atoms with Crippen molar-refractivity contribution in [1.29, 1.82) is 0 Å². The Morgan fingerprint density at radius 3 is 2.52 bits per heavy atom. The number of nitrogens with one attached hydrogen (secondary N) is 1. The van der Waals surface area contributed by atoms with Crippen LogP contribution in [0.1, 0.15) is 24.0 Å². The van der Waals surface area contributed by atoms with Gasteiger partial charge in [0.05, 0.1) is 32.6 Å². The molecule has 3 rings (SSSR count). The highest BCUT2D eigenvalue weighted by Gasteiger charge is 2.19. The van der Waals surface area contributed by atoms with E-state index >= 15 is 0 Å². The second kappa shape index (κ2) is 10.9. The van der Waals surface area contributed by atoms with Gasteiger partial charge in [0.15, 0.2) is 17.5 Å². The van der Waals surface area contributed by atoms with Crippen molar-refractivity contribution in [1.82, 2.24) is 5.32 Å². The summed E-state index contributed by atoms with van der Waals surface area (Å²) >= 11 is 0. The molecule has 0 spiro atoms. The fraction of sp³-hybridized carbons (Fsp3) is 0.435. The molecule has 1 fully saturated rings. The van der Waals surface area contributed by atoms with Crippen molar-refractivity contribution in [3.8, 4) is 11.5 Å². The van der Waals surface area contributed by atoms with Crippen molar-refractivity contribution < 1.29 is 19.0 Å². The lowest BCUT2D eigenvalue weighted by molar-refractivity contribution is 0.145. The highest BCUT2D eigenvalue weighted by molar-refractivity contribution is 5.77. The molecule has 0 amide bonds. The highest BCUT2D eigenvalue weighted by atomic mass is 19.1. The van der Waals surface area contributed by atoms with E-state index in [1.54, 1.807) is 20.3 Å². The van der Waals surface area contributed by atoms with E-state index in [2.05, 4.69) is 10.3 Å². The molecule has 8 heteroatoms. The first-order valence-electron chi connectivity index (χ1n) is 10.5. The van der Waals surface area contributed by atoms with E-state index < -0.39 is 0 Å². The molecule has 31 heavy (non-hydrogen) atoms. The van der Waals surface area contributed by atoms with Crippen LogP contribution in [0.2, 0.25) is 0 Å². The molecule has 0 radical (unpaired) electrons. The number of halogens is 1. The highest BCUT2D eigenvalue weighted by Crippen LogP contribution is 2.27. The molecule has 7 nitrogen and oxygen atoms in total. The van der Waals surface area contributed by atoms with E-state index in [9.17, 15) is 9.50 Å². The summed E-state index contributed by atoms with van der Waals surface area (Å²) in [6.45, 7) is 2.23. The molecule has 1 saturated heterocycles. The number of ether oxygens (including phenoxy) is 2. The molecule has 1 heterocycles. The van der Waals surface area contributed by atoms with Crippen molar-refractivity contribution in [3.05, 3.63) is 53.3 Å². The minimum atomic E-state index is -0.282. The van der Waals surface area contributed by atoms with Crippen LogP contribution in [0.4, 0.5) is 10.1 Å². The van der Waals surface area contributed by atoms with E-state index in [1.165, 1.54) is 6.07 Å². The lowest BCUT2D eigenvalue weighted by Crippen LogP contribution is -2.36. The first kappa shape index (κ1) is 22.7. The summed E-state index contributed by atoms with van der Waals surface area (Å²) in [7, 11) is 3.21. The second-order valence-corrected chi connectivity index (χ2v) is 7.57. The Balaban J connectivity index is 1.49. The number of aliphatic hydroxyl groups is 1. The van der Waals surface area contributed by atoms with Gasteiger partial charge in [0.25, 0.3) is 0 Å². The Bertz CT molecular complexity index is 898. The number of piperidine rings is 1. The smallest absolute Gasteiger partial charge is 0.188 e. The Hall–Kier alpha value is -3.00. The van der Waals surface area contributed by atoms with Crippen molar-refractivity contribution >= 4 is 11.6 Å². The van der Waals surface area contributed by atoms with E-state index in [-0.39, 0.29) is 11.9 Å². The number of nitrogens with two attached hydrogens (primary N) is 1. The number of guanidine groups is 1. The maximum atomic E-state index is 14.5. The lowest BCUT2D eigenvalue weighted by Gasteiger charge is -2.31. The molecule has 0 saturated carbocycles. The SMILES string of the molecule is COc1ccc(CCNC(N)=NCc2ccc(N3CCC(O)CC3)c(F)c2)cc1OC. The Labute approximate surface area is 182 Å². The van der Waals surface area contributed by atoms with Crippen LogP contribution in [0.5, 0.6) is 11.5 Å². The predicted octanol–water partition coefficient (Wildman–Crippen LogP) is 2.45. The van der Waals surface area contributed by atoms with Crippen LogP contribution in [0.3, 0.4) is 0 Å². The third-order valence-electron chi connectivity index (χ3n) is 5.42. The number of benzene rings is 2. The maximum Gasteiger partial charge on any atom is 0.188 e. The topological polar surface area (TPSA) is 92.3 Å². The quantitative estimate of drug-likeness (QED) is 0.440. The molecule has 0 aromatic heterocycles. The van der Waals surface area contributed by atoms with Crippen molar-refractivity contribution in [2.45, 2.75) is 31.9 Å². The zero-order valence-electron chi connectivity index (χ0n) is 18.1. The number of aliphatic imine (C=N–C) groups is 1. The number of hydrogen-bond acceptors (Lipinski definition) is 5. The molecule has 1 aliphatic heterocycles. The number of anilines is 1. The van der Waals surface area contributed by atoms with Gasteiger partial charge < -0.3 is 30.5 Å². The number of nitrogens with zero attached hydrogens (tertiary/aromatic N) is 2. The Morgan fingerprint density at radius 1 is 1.13 bits per heavy atom. The average molecular weight is 431 g/mol. The number of hydrogen-bond donors (Lipinski definition) is 3. The van der Waals surface area contributed by atoms with Gasteiger partial charge in [0.2, 0.25) is 0 Å². The normalized spacial score (nSPS) is 15.1. The molecule has 2 aromatic carbocycles. The van der Waals surface area contributed by atoms with Gasteiger partial charge in [-0.3, -0.25) is 0 Å². The molecular weight excluding hydrogens is 399 g/mol. The van der Waals surface area contributed by atoms with Crippen molar-refractivity contribution in [2.75, 3.05) is 38.8 Å². The number of aliphatic hydroxyl groups excluding tert-OH is 1. The minimum absolute atomic E-state index is 0.274. The zero-order chi connectivity index (χ0) is 22.2. The molecule has 0 aliphatic carbocycles. The molecule has 0 bridgehead atoms. The van der Waals surface area contributed by atoms with Gasteiger partial charge in [-0.25, -0.2) is 9.38 Å². The fourth-order valence-electron chi connectivity index (χ4n) is 3.62. The van der Waals surface area contributed by atoms with Crippen LogP contribution in [-0.4, -0.2) is 51.0 Å². The second-order valence-electron chi connectivity index (χ2n) is 7.57. The number of methoxy groups -OCH3 is 2. The summed E-state index contributed by atoms with van der Waals surface area (Å²) in [4.78, 5) is 6.28. The zero-order valence-corrected chi connectivity index (χ0v) is 18.1. The monoisotopic (exact) mass is 430 g/mol. The maximum absolute atomic E-state index is 14.5. The lowest BCUT2D eigenvalue weighted by atomic mass is 10.1. The molecule has 0 unspecified atom stereocenters. The summed E-state index contributed by atoms with van der Waals surface area (Å²) < 4.78 is 25.1. The molecule has 1 aliphatic rings. The number of rotatable bonds is 8. The predicted molar refractivity (Wildman–Crippen MR) is 120 cm³/mol. The van der Waals surface area contributed by atoms with E-state index in [0.717, 1.165) is 17.5 Å². The van der Waals surface area contributed by atoms with Crippen LogP contribution >= 0.6 is 0 Å². The first-order valence-corrected chi connectivity index (χ1v) is 10.5. The Morgan fingerprint density at radius 2 is 1.84 bits per heavy atom. The summed E-state index contributed by atoms with van der Waals surface area (Å²) in [5.74, 6) is 1.42. The molecule has 168 valence electrons. The van der Waals surface area contributed by atoms with E-state index in [0.29, 0.717) is 62.2 Å². The van der Waals surface area contributed by atoms with Crippen LogP contribution in [0, 0.1) is 5.82 Å². The van der Waals surface area contributed by atoms with Gasteiger partial charge in [-0.05, 0) is 54.7 Å². The summed E-state index contributed by atoms with van der Waals surface area (Å²) in [6.07, 6.45) is 1.79. The molecule has 4 N–H and O–H groups in total. The van der Waals surface area contributed by atoms with Crippen LogP contribution in [0.25, 0.3) is 0 Å². The third-order valence-corrected chi connectivity index (χ3v) is 5.42. The van der Waals surface area contributed by atoms with Gasteiger partial charge >= 0.3 is 0 Å². The van der Waals surface area contributed by atoms with Gasteiger partial charge in [0.1, 0.15) is 5.82 Å².